The first-order chi connectivity index (χ1) is 7.86. The van der Waals surface area contributed by atoms with Crippen molar-refractivity contribution in [2.45, 2.75) is 12.2 Å². The average molecular weight is 275 g/mol. The van der Waals surface area contributed by atoms with Crippen LogP contribution in [-0.2, 0) is 10.0 Å². The molecule has 6 nitrogen and oxygen atoms in total. The van der Waals surface area contributed by atoms with Gasteiger partial charge < -0.3 is 10.5 Å². The topological polar surface area (TPSA) is 94.3 Å². The van der Waals surface area contributed by atoms with E-state index in [4.69, 9.17) is 10.5 Å². The molecule has 1 rings (SSSR count). The number of pyridine rings is 1. The summed E-state index contributed by atoms with van der Waals surface area (Å²) in [4.78, 5) is 3.79. The zero-order valence-electron chi connectivity index (χ0n) is 9.38. The average Bonchev–Trinajstić information content (AvgIpc) is 2.28. The maximum Gasteiger partial charge on any atom is 0.241 e. The Labute approximate surface area is 105 Å². The van der Waals surface area contributed by atoms with Gasteiger partial charge in [0.05, 0.1) is 24.0 Å². The zero-order chi connectivity index (χ0) is 13.1. The molecule has 3 N–H and O–H groups in total. The predicted molar refractivity (Wildman–Crippen MR) is 69.6 cm³/mol. The Morgan fingerprint density at radius 2 is 2.24 bits per heavy atom. The third kappa shape index (κ3) is 3.53. The minimum atomic E-state index is -3.63. The summed E-state index contributed by atoms with van der Waals surface area (Å²) in [6.45, 7) is 1.42. The number of nitrogens with zero attached hydrogens (tertiary/aromatic N) is 1. The van der Waals surface area contributed by atoms with Crippen molar-refractivity contribution in [1.82, 2.24) is 4.98 Å². The molecule has 0 radical (unpaired) electrons. The van der Waals surface area contributed by atoms with Crippen molar-refractivity contribution in [3.8, 4) is 5.88 Å². The zero-order valence-corrected chi connectivity index (χ0v) is 11.0. The highest BCUT2D eigenvalue weighted by molar-refractivity contribution is 7.95. The third-order valence-electron chi connectivity index (χ3n) is 2.07. The fourth-order valence-electron chi connectivity index (χ4n) is 0.967. The molecule has 94 valence electrons. The number of sulfonamides is 1. The molecule has 0 bridgehead atoms. The van der Waals surface area contributed by atoms with Crippen LogP contribution in [0.4, 0.5) is 5.69 Å². The van der Waals surface area contributed by atoms with E-state index in [2.05, 4.69) is 21.9 Å². The van der Waals surface area contributed by atoms with E-state index in [1.807, 2.05) is 0 Å². The number of nitrogens with two attached hydrogens (primary N) is 1. The van der Waals surface area contributed by atoms with Crippen LogP contribution in [-0.4, -0.2) is 30.8 Å². The smallest absolute Gasteiger partial charge is 0.241 e. The van der Waals surface area contributed by atoms with Crippen LogP contribution in [0.2, 0.25) is 0 Å². The Morgan fingerprint density at radius 1 is 1.59 bits per heavy atom. The summed E-state index contributed by atoms with van der Waals surface area (Å²) in [6.07, 6.45) is 1.35. The number of hydrogen-bond acceptors (Lipinski definition) is 5. The van der Waals surface area contributed by atoms with E-state index in [1.165, 1.54) is 26.3 Å². The van der Waals surface area contributed by atoms with Crippen LogP contribution in [0.15, 0.2) is 18.3 Å². The fourth-order valence-corrected chi connectivity index (χ4v) is 2.28. The summed E-state index contributed by atoms with van der Waals surface area (Å²) in [6, 6.07) is 3.08. The van der Waals surface area contributed by atoms with Gasteiger partial charge in [0.2, 0.25) is 15.9 Å². The normalized spacial score (nSPS) is 12.8. The number of hydrogen-bond donors (Lipinski definition) is 2. The number of rotatable bonds is 5. The minimum Gasteiger partial charge on any atom is -0.481 e. The lowest BCUT2D eigenvalue weighted by Gasteiger charge is -2.13. The van der Waals surface area contributed by atoms with E-state index >= 15 is 0 Å². The first kappa shape index (κ1) is 13.7. The first-order valence-corrected chi connectivity index (χ1v) is 6.63. The Kier molecular flexibility index (Phi) is 4.24. The summed E-state index contributed by atoms with van der Waals surface area (Å²) < 4.78 is 30.7. The lowest BCUT2D eigenvalue weighted by Crippen LogP contribution is -2.35. The highest BCUT2D eigenvalue weighted by Gasteiger charge is 2.23. The molecule has 1 aromatic heterocycles. The van der Waals surface area contributed by atoms with Gasteiger partial charge in [-0.1, -0.05) is 12.2 Å². The highest BCUT2D eigenvalue weighted by Crippen LogP contribution is 2.14. The van der Waals surface area contributed by atoms with Crippen LogP contribution in [0.5, 0.6) is 5.88 Å². The number of methoxy groups -OCH3 is 1. The molecule has 1 unspecified atom stereocenters. The van der Waals surface area contributed by atoms with Gasteiger partial charge in [0.1, 0.15) is 5.25 Å². The summed E-state index contributed by atoms with van der Waals surface area (Å²) >= 11 is 4.65. The Hall–Kier alpha value is -1.41. The summed E-state index contributed by atoms with van der Waals surface area (Å²) in [5, 5.41) is -0.945. The van der Waals surface area contributed by atoms with Gasteiger partial charge in [-0.05, 0) is 13.0 Å². The maximum atomic E-state index is 11.8. The van der Waals surface area contributed by atoms with Crippen LogP contribution in [0, 0.1) is 0 Å². The van der Waals surface area contributed by atoms with Gasteiger partial charge in [-0.15, -0.1) is 0 Å². The number of nitrogens with one attached hydrogen (secondary N) is 1. The quantitative estimate of drug-likeness (QED) is 0.760. The van der Waals surface area contributed by atoms with Crippen molar-refractivity contribution in [3.63, 3.8) is 0 Å². The predicted octanol–water partition coefficient (Wildman–Crippen LogP) is 0.506. The van der Waals surface area contributed by atoms with Gasteiger partial charge in [0, 0.05) is 6.07 Å². The number of thiocarbonyl (C=S) groups is 1. The van der Waals surface area contributed by atoms with Gasteiger partial charge in [-0.3, -0.25) is 4.72 Å². The molecule has 0 aliphatic rings. The second-order valence-electron chi connectivity index (χ2n) is 3.28. The van der Waals surface area contributed by atoms with Crippen molar-refractivity contribution in [1.29, 1.82) is 0 Å². The molecule has 1 heterocycles. The Balaban J connectivity index is 2.86. The van der Waals surface area contributed by atoms with Crippen molar-refractivity contribution >= 4 is 32.9 Å². The van der Waals surface area contributed by atoms with Crippen molar-refractivity contribution in [2.24, 2.45) is 5.73 Å². The molecule has 0 amide bonds. The van der Waals surface area contributed by atoms with Gasteiger partial charge in [-0.25, -0.2) is 13.4 Å². The lowest BCUT2D eigenvalue weighted by atomic mass is 10.4. The Morgan fingerprint density at radius 3 is 2.65 bits per heavy atom. The first-order valence-electron chi connectivity index (χ1n) is 4.68. The second kappa shape index (κ2) is 5.28. The summed E-state index contributed by atoms with van der Waals surface area (Å²) in [5.41, 5.74) is 5.63. The van der Waals surface area contributed by atoms with E-state index in [0.717, 1.165) is 0 Å². The summed E-state index contributed by atoms with van der Waals surface area (Å²) in [7, 11) is -2.16. The number of aromatic nitrogens is 1. The maximum absolute atomic E-state index is 11.8. The second-order valence-corrected chi connectivity index (χ2v) is 5.75. The van der Waals surface area contributed by atoms with Crippen LogP contribution < -0.4 is 15.2 Å². The summed E-state index contributed by atoms with van der Waals surface area (Å²) in [5.74, 6) is 0.398. The largest absolute Gasteiger partial charge is 0.481 e. The van der Waals surface area contributed by atoms with Gasteiger partial charge >= 0.3 is 0 Å². The Bertz CT molecular complexity index is 499. The molecule has 0 aliphatic heterocycles. The van der Waals surface area contributed by atoms with Crippen molar-refractivity contribution in [3.05, 3.63) is 18.3 Å². The van der Waals surface area contributed by atoms with E-state index in [-0.39, 0.29) is 4.99 Å². The van der Waals surface area contributed by atoms with E-state index < -0.39 is 15.3 Å². The molecule has 0 aliphatic carbocycles. The molecule has 0 saturated carbocycles. The van der Waals surface area contributed by atoms with Gasteiger partial charge in [-0.2, -0.15) is 0 Å². The van der Waals surface area contributed by atoms with Crippen LogP contribution >= 0.6 is 12.2 Å². The van der Waals surface area contributed by atoms with E-state index in [1.54, 1.807) is 6.07 Å². The molecular weight excluding hydrogens is 262 g/mol. The molecule has 0 fully saturated rings. The molecule has 0 saturated heterocycles. The molecule has 1 atom stereocenters. The van der Waals surface area contributed by atoms with Crippen LogP contribution in [0.1, 0.15) is 6.92 Å². The van der Waals surface area contributed by atoms with Crippen LogP contribution in [0.25, 0.3) is 0 Å². The van der Waals surface area contributed by atoms with Crippen LogP contribution in [0.3, 0.4) is 0 Å². The van der Waals surface area contributed by atoms with E-state index in [0.29, 0.717) is 11.6 Å². The molecule has 0 spiro atoms. The third-order valence-corrected chi connectivity index (χ3v) is 4.28. The molecule has 17 heavy (non-hydrogen) atoms. The minimum absolute atomic E-state index is 0.0843. The monoisotopic (exact) mass is 275 g/mol. The highest BCUT2D eigenvalue weighted by atomic mass is 32.2. The molecule has 1 aromatic rings. The van der Waals surface area contributed by atoms with E-state index in [9.17, 15) is 8.42 Å². The fraction of sp³-hybridized carbons (Fsp3) is 0.333. The molecule has 8 heteroatoms. The number of anilines is 1. The lowest BCUT2D eigenvalue weighted by molar-refractivity contribution is 0.398. The molecule has 0 aromatic carbocycles. The number of ether oxygens (including phenoxy) is 1. The SMILES string of the molecule is COc1ccc(NS(=O)(=O)C(C)C(N)=S)cn1. The van der Waals surface area contributed by atoms with Crippen molar-refractivity contribution < 1.29 is 13.2 Å². The van der Waals surface area contributed by atoms with Gasteiger partial charge in [0.25, 0.3) is 0 Å². The van der Waals surface area contributed by atoms with Crippen molar-refractivity contribution in [2.75, 3.05) is 11.8 Å². The standard InChI is InChI=1S/C9H13N3O3S2/c1-6(9(10)16)17(13,14)12-7-3-4-8(15-2)11-5-7/h3-6,12H,1-2H3,(H2,10,16). The molecular formula is C9H13N3O3S2. The van der Waals surface area contributed by atoms with Gasteiger partial charge in [0.15, 0.2) is 0 Å².